The van der Waals surface area contributed by atoms with Crippen LogP contribution in [0.5, 0.6) is 0 Å². The second-order valence-electron chi connectivity index (χ2n) is 4.44. The molecule has 5 nitrogen and oxygen atoms in total. The topological polar surface area (TPSA) is 61.8 Å². The first-order chi connectivity index (χ1) is 8.26. The summed E-state index contributed by atoms with van der Waals surface area (Å²) in [7, 11) is 0. The Balaban J connectivity index is 2.16. The fraction of sp³-hybridized carbons (Fsp3) is 0.917. The third-order valence-electron chi connectivity index (χ3n) is 2.87. The average Bonchev–Trinajstić information content (AvgIpc) is 2.80. The van der Waals surface area contributed by atoms with Crippen molar-refractivity contribution in [1.29, 1.82) is 0 Å². The van der Waals surface area contributed by atoms with Crippen LogP contribution in [-0.4, -0.2) is 61.4 Å². The van der Waals surface area contributed by atoms with Crippen LogP contribution in [0.1, 0.15) is 26.2 Å². The highest BCUT2D eigenvalue weighted by molar-refractivity contribution is 5.78. The molecule has 0 aromatic carbocycles. The van der Waals surface area contributed by atoms with Gasteiger partial charge in [0.15, 0.2) is 0 Å². The molecule has 0 aliphatic carbocycles. The first-order valence-electron chi connectivity index (χ1n) is 6.47. The second kappa shape index (κ2) is 8.44. The van der Waals surface area contributed by atoms with E-state index in [1.54, 1.807) is 0 Å². The predicted molar refractivity (Wildman–Crippen MR) is 65.8 cm³/mol. The Labute approximate surface area is 103 Å². The SMILES string of the molecule is CCCN(CCO)CC(=O)NCC1CCCO1. The number of hydrogen-bond acceptors (Lipinski definition) is 4. The van der Waals surface area contributed by atoms with Gasteiger partial charge in [-0.15, -0.1) is 0 Å². The summed E-state index contributed by atoms with van der Waals surface area (Å²) in [6, 6.07) is 0. The lowest BCUT2D eigenvalue weighted by Crippen LogP contribution is -2.41. The molecule has 5 heteroatoms. The maximum Gasteiger partial charge on any atom is 0.234 e. The van der Waals surface area contributed by atoms with Gasteiger partial charge in [0, 0.05) is 19.7 Å². The van der Waals surface area contributed by atoms with E-state index >= 15 is 0 Å². The van der Waals surface area contributed by atoms with Crippen molar-refractivity contribution in [1.82, 2.24) is 10.2 Å². The highest BCUT2D eigenvalue weighted by atomic mass is 16.5. The van der Waals surface area contributed by atoms with Crippen LogP contribution in [-0.2, 0) is 9.53 Å². The van der Waals surface area contributed by atoms with Crippen molar-refractivity contribution in [2.45, 2.75) is 32.3 Å². The normalized spacial score (nSPS) is 19.8. The van der Waals surface area contributed by atoms with E-state index in [1.807, 2.05) is 4.90 Å². The van der Waals surface area contributed by atoms with Gasteiger partial charge in [0.25, 0.3) is 0 Å². The monoisotopic (exact) mass is 244 g/mol. The number of aliphatic hydroxyl groups is 1. The van der Waals surface area contributed by atoms with Crippen LogP contribution in [0.25, 0.3) is 0 Å². The summed E-state index contributed by atoms with van der Waals surface area (Å²) in [4.78, 5) is 13.6. The lowest BCUT2D eigenvalue weighted by atomic mass is 10.2. The zero-order valence-corrected chi connectivity index (χ0v) is 10.7. The standard InChI is InChI=1S/C12H24N2O3/c1-2-5-14(6-7-15)10-12(16)13-9-11-4-3-8-17-11/h11,15H,2-10H2,1H3,(H,13,16). The van der Waals surface area contributed by atoms with Crippen molar-refractivity contribution in [3.05, 3.63) is 0 Å². The molecule has 0 saturated carbocycles. The minimum absolute atomic E-state index is 0.0161. The van der Waals surface area contributed by atoms with Gasteiger partial charge < -0.3 is 15.2 Å². The van der Waals surface area contributed by atoms with Crippen molar-refractivity contribution < 1.29 is 14.6 Å². The van der Waals surface area contributed by atoms with Gasteiger partial charge >= 0.3 is 0 Å². The summed E-state index contributed by atoms with van der Waals surface area (Å²) in [6.45, 7) is 5.34. The number of rotatable bonds is 8. The van der Waals surface area contributed by atoms with Crippen molar-refractivity contribution in [3.8, 4) is 0 Å². The van der Waals surface area contributed by atoms with Crippen LogP contribution in [0, 0.1) is 0 Å². The van der Waals surface area contributed by atoms with Gasteiger partial charge in [0.05, 0.1) is 19.3 Å². The van der Waals surface area contributed by atoms with Crippen molar-refractivity contribution in [3.63, 3.8) is 0 Å². The predicted octanol–water partition coefficient (Wildman–Crippen LogP) is -0.0141. The molecule has 1 atom stereocenters. The number of hydrogen-bond donors (Lipinski definition) is 2. The summed E-state index contributed by atoms with van der Waals surface area (Å²) in [6.07, 6.45) is 3.30. The fourth-order valence-electron chi connectivity index (χ4n) is 2.02. The maximum atomic E-state index is 11.7. The third kappa shape index (κ3) is 6.00. The number of nitrogens with zero attached hydrogens (tertiary/aromatic N) is 1. The summed E-state index contributed by atoms with van der Waals surface area (Å²) >= 11 is 0. The Hall–Kier alpha value is -0.650. The molecule has 1 heterocycles. The molecule has 0 aromatic rings. The maximum absolute atomic E-state index is 11.7. The van der Waals surface area contributed by atoms with Crippen molar-refractivity contribution in [2.24, 2.45) is 0 Å². The van der Waals surface area contributed by atoms with E-state index < -0.39 is 0 Å². The van der Waals surface area contributed by atoms with E-state index in [4.69, 9.17) is 9.84 Å². The van der Waals surface area contributed by atoms with Gasteiger partial charge in [-0.25, -0.2) is 0 Å². The molecule has 1 amide bonds. The first-order valence-corrected chi connectivity index (χ1v) is 6.47. The van der Waals surface area contributed by atoms with E-state index in [0.717, 1.165) is 32.4 Å². The molecule has 1 saturated heterocycles. The van der Waals surface area contributed by atoms with Crippen LogP contribution in [0.4, 0.5) is 0 Å². The first kappa shape index (κ1) is 14.4. The van der Waals surface area contributed by atoms with Gasteiger partial charge in [-0.2, -0.15) is 0 Å². The van der Waals surface area contributed by atoms with Crippen LogP contribution in [0.3, 0.4) is 0 Å². The van der Waals surface area contributed by atoms with E-state index in [9.17, 15) is 4.79 Å². The van der Waals surface area contributed by atoms with Gasteiger partial charge in [0.2, 0.25) is 5.91 Å². The number of amides is 1. The number of aliphatic hydroxyl groups excluding tert-OH is 1. The molecule has 1 unspecified atom stereocenters. The Bertz CT molecular complexity index is 212. The Morgan fingerprint density at radius 2 is 2.35 bits per heavy atom. The molecule has 2 N–H and O–H groups in total. The second-order valence-corrected chi connectivity index (χ2v) is 4.44. The largest absolute Gasteiger partial charge is 0.395 e. The molecule has 0 bridgehead atoms. The van der Waals surface area contributed by atoms with Gasteiger partial charge in [-0.05, 0) is 25.8 Å². The van der Waals surface area contributed by atoms with E-state index in [-0.39, 0.29) is 18.6 Å². The highest BCUT2D eigenvalue weighted by Gasteiger charge is 2.16. The summed E-state index contributed by atoms with van der Waals surface area (Å²) in [5, 5.41) is 11.8. The summed E-state index contributed by atoms with van der Waals surface area (Å²) in [5.41, 5.74) is 0. The minimum atomic E-state index is 0.0161. The van der Waals surface area contributed by atoms with Gasteiger partial charge in [-0.1, -0.05) is 6.92 Å². The molecular weight excluding hydrogens is 220 g/mol. The smallest absolute Gasteiger partial charge is 0.234 e. The van der Waals surface area contributed by atoms with Crippen molar-refractivity contribution in [2.75, 3.05) is 39.4 Å². The lowest BCUT2D eigenvalue weighted by Gasteiger charge is -2.20. The number of carbonyl (C=O) groups excluding carboxylic acids is 1. The fourth-order valence-corrected chi connectivity index (χ4v) is 2.02. The Kier molecular flexibility index (Phi) is 7.16. The molecule has 17 heavy (non-hydrogen) atoms. The van der Waals surface area contributed by atoms with E-state index in [1.165, 1.54) is 0 Å². The molecule has 1 rings (SSSR count). The van der Waals surface area contributed by atoms with Crippen LogP contribution < -0.4 is 5.32 Å². The number of nitrogens with one attached hydrogen (secondary N) is 1. The van der Waals surface area contributed by atoms with Crippen LogP contribution in [0.2, 0.25) is 0 Å². The van der Waals surface area contributed by atoms with Crippen LogP contribution in [0.15, 0.2) is 0 Å². The molecule has 0 aromatic heterocycles. The summed E-state index contributed by atoms with van der Waals surface area (Å²) < 4.78 is 5.43. The quantitative estimate of drug-likeness (QED) is 0.630. The highest BCUT2D eigenvalue weighted by Crippen LogP contribution is 2.10. The zero-order chi connectivity index (χ0) is 12.5. The van der Waals surface area contributed by atoms with Gasteiger partial charge in [-0.3, -0.25) is 9.69 Å². The van der Waals surface area contributed by atoms with E-state index in [2.05, 4.69) is 12.2 Å². The number of carbonyl (C=O) groups is 1. The number of ether oxygens (including phenoxy) is 1. The third-order valence-corrected chi connectivity index (χ3v) is 2.87. The van der Waals surface area contributed by atoms with Crippen LogP contribution >= 0.6 is 0 Å². The lowest BCUT2D eigenvalue weighted by molar-refractivity contribution is -0.122. The van der Waals surface area contributed by atoms with Gasteiger partial charge in [0.1, 0.15) is 0 Å². The molecule has 1 fully saturated rings. The molecule has 1 aliphatic heterocycles. The molecular formula is C12H24N2O3. The van der Waals surface area contributed by atoms with E-state index in [0.29, 0.717) is 19.6 Å². The Morgan fingerprint density at radius 1 is 1.53 bits per heavy atom. The molecule has 100 valence electrons. The average molecular weight is 244 g/mol. The molecule has 0 spiro atoms. The molecule has 0 radical (unpaired) electrons. The Morgan fingerprint density at radius 3 is 2.94 bits per heavy atom. The minimum Gasteiger partial charge on any atom is -0.395 e. The van der Waals surface area contributed by atoms with Crippen molar-refractivity contribution >= 4 is 5.91 Å². The summed E-state index contributed by atoms with van der Waals surface area (Å²) in [5.74, 6) is 0.0161. The molecule has 1 aliphatic rings. The zero-order valence-electron chi connectivity index (χ0n) is 10.7.